The number of benzene rings is 1. The molecule has 2 N–H and O–H groups in total. The number of rotatable bonds is 5. The Morgan fingerprint density at radius 3 is 2.95 bits per heavy atom. The molecular weight excluding hydrogens is 270 g/mol. The summed E-state index contributed by atoms with van der Waals surface area (Å²) in [6.45, 7) is 3.15. The van der Waals surface area contributed by atoms with Crippen LogP contribution < -0.4 is 15.2 Å². The third-order valence-corrected chi connectivity index (χ3v) is 3.53. The van der Waals surface area contributed by atoms with Gasteiger partial charge in [0.2, 0.25) is 11.7 Å². The van der Waals surface area contributed by atoms with Gasteiger partial charge in [-0.25, -0.2) is 0 Å². The van der Waals surface area contributed by atoms with Crippen LogP contribution in [-0.4, -0.2) is 23.3 Å². The van der Waals surface area contributed by atoms with Gasteiger partial charge in [-0.15, -0.1) is 0 Å². The Hall–Kier alpha value is -2.08. The summed E-state index contributed by atoms with van der Waals surface area (Å²) < 4.78 is 16.8. The fourth-order valence-electron chi connectivity index (χ4n) is 2.13. The van der Waals surface area contributed by atoms with E-state index in [0.717, 1.165) is 18.6 Å². The van der Waals surface area contributed by atoms with Gasteiger partial charge in [0.25, 0.3) is 0 Å². The molecule has 112 valence electrons. The van der Waals surface area contributed by atoms with Crippen molar-refractivity contribution >= 4 is 0 Å². The first-order chi connectivity index (χ1) is 10.3. The molecule has 0 spiro atoms. The first-order valence-electron chi connectivity index (χ1n) is 7.17. The minimum absolute atomic E-state index is 0.329. The van der Waals surface area contributed by atoms with Gasteiger partial charge in [-0.05, 0) is 31.0 Å². The summed E-state index contributed by atoms with van der Waals surface area (Å²) in [7, 11) is 0. The van der Waals surface area contributed by atoms with Crippen molar-refractivity contribution in [1.29, 1.82) is 0 Å². The highest BCUT2D eigenvalue weighted by Gasteiger charge is 2.26. The summed E-state index contributed by atoms with van der Waals surface area (Å²) in [5.74, 6) is 3.04. The number of fused-ring (bicyclic) bond motifs is 1. The molecule has 6 heteroatoms. The number of aromatic nitrogens is 2. The molecule has 3 rings (SSSR count). The van der Waals surface area contributed by atoms with Crippen LogP contribution in [0, 0.1) is 5.92 Å². The van der Waals surface area contributed by atoms with Gasteiger partial charge in [0, 0.05) is 6.42 Å². The van der Waals surface area contributed by atoms with Crippen molar-refractivity contribution in [2.45, 2.75) is 25.9 Å². The van der Waals surface area contributed by atoms with E-state index >= 15 is 0 Å². The van der Waals surface area contributed by atoms with Gasteiger partial charge >= 0.3 is 0 Å². The van der Waals surface area contributed by atoms with Gasteiger partial charge in [-0.3, -0.25) is 0 Å². The zero-order valence-corrected chi connectivity index (χ0v) is 12.0. The molecular formula is C15H19N3O3. The summed E-state index contributed by atoms with van der Waals surface area (Å²) in [5, 5.41) is 3.99. The number of nitrogens with zero attached hydrogens (tertiary/aromatic N) is 2. The number of hydrogen-bond donors (Lipinski definition) is 1. The summed E-state index contributed by atoms with van der Waals surface area (Å²) in [6.07, 6.45) is 1.34. The Bertz CT molecular complexity index is 599. The van der Waals surface area contributed by atoms with Crippen molar-refractivity contribution in [2.75, 3.05) is 13.2 Å². The Morgan fingerprint density at radius 2 is 2.14 bits per heavy atom. The summed E-state index contributed by atoms with van der Waals surface area (Å²) >= 11 is 0. The molecule has 2 heterocycles. The van der Waals surface area contributed by atoms with E-state index in [1.54, 1.807) is 0 Å². The molecule has 0 saturated heterocycles. The maximum atomic E-state index is 5.85. The molecule has 2 atom stereocenters. The summed E-state index contributed by atoms with van der Waals surface area (Å²) in [6, 6.07) is 7.56. The predicted molar refractivity (Wildman–Crippen MR) is 76.1 cm³/mol. The van der Waals surface area contributed by atoms with Crippen LogP contribution in [0.25, 0.3) is 0 Å². The lowest BCUT2D eigenvalue weighted by Crippen LogP contribution is -2.22. The highest BCUT2D eigenvalue weighted by molar-refractivity contribution is 5.40. The van der Waals surface area contributed by atoms with E-state index in [1.807, 2.05) is 24.3 Å². The van der Waals surface area contributed by atoms with Crippen molar-refractivity contribution in [3.05, 3.63) is 36.0 Å². The van der Waals surface area contributed by atoms with Gasteiger partial charge in [0.05, 0.1) is 0 Å². The number of para-hydroxylation sites is 2. The van der Waals surface area contributed by atoms with Crippen LogP contribution in [0.1, 0.15) is 31.2 Å². The molecule has 0 bridgehead atoms. The smallest absolute Gasteiger partial charge is 0.226 e. The summed E-state index contributed by atoms with van der Waals surface area (Å²) in [4.78, 5) is 4.39. The minimum Gasteiger partial charge on any atom is -0.485 e. The molecule has 0 fully saturated rings. The lowest BCUT2D eigenvalue weighted by atomic mass is 10.1. The normalized spacial score (nSPS) is 18.5. The van der Waals surface area contributed by atoms with Crippen molar-refractivity contribution in [2.24, 2.45) is 11.7 Å². The van der Waals surface area contributed by atoms with Crippen molar-refractivity contribution in [3.8, 4) is 11.5 Å². The second-order valence-electron chi connectivity index (χ2n) is 5.29. The molecule has 1 aliphatic heterocycles. The Balaban J connectivity index is 1.65. The topological polar surface area (TPSA) is 83.4 Å². The molecule has 1 aromatic heterocycles. The Kier molecular flexibility index (Phi) is 4.06. The Morgan fingerprint density at radius 1 is 1.33 bits per heavy atom. The molecule has 6 nitrogen and oxygen atoms in total. The highest BCUT2D eigenvalue weighted by Crippen LogP contribution is 2.35. The minimum atomic E-state index is -0.329. The monoisotopic (exact) mass is 289 g/mol. The predicted octanol–water partition coefficient (Wildman–Crippen LogP) is 2.11. The van der Waals surface area contributed by atoms with E-state index in [4.69, 9.17) is 19.7 Å². The maximum Gasteiger partial charge on any atom is 0.226 e. The first-order valence-corrected chi connectivity index (χ1v) is 7.17. The third-order valence-electron chi connectivity index (χ3n) is 3.53. The molecule has 21 heavy (non-hydrogen) atoms. The van der Waals surface area contributed by atoms with E-state index in [0.29, 0.717) is 36.5 Å². The zero-order chi connectivity index (χ0) is 14.7. The molecule has 0 saturated carbocycles. The van der Waals surface area contributed by atoms with Crippen molar-refractivity contribution < 1.29 is 14.0 Å². The molecule has 1 aromatic carbocycles. The van der Waals surface area contributed by atoms with Gasteiger partial charge in [0.1, 0.15) is 6.61 Å². The fraction of sp³-hybridized carbons (Fsp3) is 0.467. The van der Waals surface area contributed by atoms with E-state index in [9.17, 15) is 0 Å². The van der Waals surface area contributed by atoms with E-state index in [1.165, 1.54) is 0 Å². The Labute approximate surface area is 123 Å². The fourth-order valence-corrected chi connectivity index (χ4v) is 2.13. The first kappa shape index (κ1) is 13.9. The largest absolute Gasteiger partial charge is 0.485 e. The molecule has 1 aliphatic rings. The van der Waals surface area contributed by atoms with E-state index < -0.39 is 0 Å². The zero-order valence-electron chi connectivity index (χ0n) is 12.0. The average molecular weight is 289 g/mol. The SMILES string of the molecule is CC(CN)CCc1nc(C2COc3ccccc3O2)no1. The van der Waals surface area contributed by atoms with Gasteiger partial charge < -0.3 is 19.7 Å². The second-order valence-corrected chi connectivity index (χ2v) is 5.29. The lowest BCUT2D eigenvalue weighted by molar-refractivity contribution is 0.0832. The molecule has 0 amide bonds. The van der Waals surface area contributed by atoms with Crippen LogP contribution in [0.3, 0.4) is 0 Å². The number of hydrogen-bond acceptors (Lipinski definition) is 6. The van der Waals surface area contributed by atoms with Gasteiger partial charge in [-0.2, -0.15) is 4.98 Å². The standard InChI is InChI=1S/C15H19N3O3/c1-10(8-16)6-7-14-17-15(18-21-14)13-9-19-11-4-2-3-5-12(11)20-13/h2-5,10,13H,6-9,16H2,1H3. The average Bonchev–Trinajstić information content (AvgIpc) is 3.01. The number of aryl methyl sites for hydroxylation is 1. The second kappa shape index (κ2) is 6.13. The van der Waals surface area contributed by atoms with Crippen LogP contribution in [-0.2, 0) is 6.42 Å². The molecule has 0 aliphatic carbocycles. The van der Waals surface area contributed by atoms with Crippen LogP contribution in [0.4, 0.5) is 0 Å². The van der Waals surface area contributed by atoms with Crippen LogP contribution in [0.15, 0.2) is 28.8 Å². The lowest BCUT2D eigenvalue weighted by Gasteiger charge is -2.24. The van der Waals surface area contributed by atoms with Crippen LogP contribution in [0.2, 0.25) is 0 Å². The van der Waals surface area contributed by atoms with Crippen LogP contribution >= 0.6 is 0 Å². The quantitative estimate of drug-likeness (QED) is 0.907. The molecule has 0 radical (unpaired) electrons. The van der Waals surface area contributed by atoms with Gasteiger partial charge in [-0.1, -0.05) is 24.2 Å². The van der Waals surface area contributed by atoms with Crippen LogP contribution in [0.5, 0.6) is 11.5 Å². The molecule has 2 unspecified atom stereocenters. The van der Waals surface area contributed by atoms with Crippen molar-refractivity contribution in [1.82, 2.24) is 10.1 Å². The van der Waals surface area contributed by atoms with E-state index in [-0.39, 0.29) is 6.10 Å². The molecule has 2 aromatic rings. The number of nitrogens with two attached hydrogens (primary N) is 1. The van der Waals surface area contributed by atoms with Crippen molar-refractivity contribution in [3.63, 3.8) is 0 Å². The maximum absolute atomic E-state index is 5.85. The summed E-state index contributed by atoms with van der Waals surface area (Å²) in [5.41, 5.74) is 5.60. The van der Waals surface area contributed by atoms with E-state index in [2.05, 4.69) is 17.1 Å². The van der Waals surface area contributed by atoms with Gasteiger partial charge in [0.15, 0.2) is 17.6 Å². The highest BCUT2D eigenvalue weighted by atomic mass is 16.6. The number of ether oxygens (including phenoxy) is 2. The third kappa shape index (κ3) is 3.16.